The zero-order valence-electron chi connectivity index (χ0n) is 10.9. The van der Waals surface area contributed by atoms with Crippen molar-refractivity contribution in [3.63, 3.8) is 0 Å². The first-order chi connectivity index (χ1) is 9.65. The monoisotopic (exact) mass is 264 g/mol. The normalized spacial score (nSPS) is 10.7. The summed E-state index contributed by atoms with van der Waals surface area (Å²) in [6.45, 7) is 2.00. The Labute approximate surface area is 115 Å². The molecule has 0 spiro atoms. The highest BCUT2D eigenvalue weighted by Crippen LogP contribution is 2.26. The van der Waals surface area contributed by atoms with E-state index in [4.69, 9.17) is 0 Å². The number of nitro groups is 1. The number of benzene rings is 2. The predicted molar refractivity (Wildman–Crippen MR) is 78.6 cm³/mol. The minimum absolute atomic E-state index is 0.0900. The second-order valence-electron chi connectivity index (χ2n) is 4.65. The molecule has 0 N–H and O–H groups in total. The molecule has 0 saturated heterocycles. The van der Waals surface area contributed by atoms with E-state index in [0.29, 0.717) is 0 Å². The summed E-state index contributed by atoms with van der Waals surface area (Å²) >= 11 is 0. The highest BCUT2D eigenvalue weighted by Gasteiger charge is 2.09. The van der Waals surface area contributed by atoms with Gasteiger partial charge in [0.2, 0.25) is 0 Å². The van der Waals surface area contributed by atoms with Gasteiger partial charge in [-0.2, -0.15) is 0 Å². The van der Waals surface area contributed by atoms with Gasteiger partial charge in [0.05, 0.1) is 16.1 Å². The second-order valence-corrected chi connectivity index (χ2v) is 4.65. The quantitative estimate of drug-likeness (QED) is 0.516. The first kappa shape index (κ1) is 12.3. The third-order valence-electron chi connectivity index (χ3n) is 3.27. The molecule has 3 aromatic rings. The molecule has 0 aliphatic heterocycles. The summed E-state index contributed by atoms with van der Waals surface area (Å²) in [6, 6.07) is 16.5. The Kier molecular flexibility index (Phi) is 2.91. The van der Waals surface area contributed by atoms with Crippen LogP contribution in [-0.4, -0.2) is 9.91 Å². The van der Waals surface area contributed by atoms with Gasteiger partial charge in [0, 0.05) is 23.1 Å². The fourth-order valence-corrected chi connectivity index (χ4v) is 2.25. The first-order valence-electron chi connectivity index (χ1n) is 6.26. The van der Waals surface area contributed by atoms with Crippen LogP contribution in [0.5, 0.6) is 0 Å². The molecule has 0 radical (unpaired) electrons. The number of nitro benzene ring substituents is 1. The summed E-state index contributed by atoms with van der Waals surface area (Å²) in [6.07, 6.45) is 0. The maximum absolute atomic E-state index is 10.7. The molecule has 20 heavy (non-hydrogen) atoms. The zero-order chi connectivity index (χ0) is 14.1. The molecular weight excluding hydrogens is 252 g/mol. The Morgan fingerprint density at radius 3 is 2.45 bits per heavy atom. The molecule has 0 fully saturated rings. The minimum atomic E-state index is -0.398. The van der Waals surface area contributed by atoms with Gasteiger partial charge in [-0.3, -0.25) is 10.1 Å². The van der Waals surface area contributed by atoms with Crippen LogP contribution in [0.1, 0.15) is 5.56 Å². The summed E-state index contributed by atoms with van der Waals surface area (Å²) in [7, 11) is 0. The number of aryl methyl sites for hydroxylation is 1. The number of hydrogen-bond acceptors (Lipinski definition) is 3. The van der Waals surface area contributed by atoms with Gasteiger partial charge in [0.25, 0.3) is 5.69 Å². The third kappa shape index (κ3) is 2.12. The van der Waals surface area contributed by atoms with Crippen LogP contribution in [0.25, 0.3) is 22.2 Å². The van der Waals surface area contributed by atoms with Gasteiger partial charge in [-0.25, -0.2) is 4.98 Å². The largest absolute Gasteiger partial charge is 0.269 e. The van der Waals surface area contributed by atoms with Crippen molar-refractivity contribution in [1.82, 2.24) is 4.98 Å². The van der Waals surface area contributed by atoms with Crippen LogP contribution in [0.15, 0.2) is 54.6 Å². The van der Waals surface area contributed by atoms with Crippen LogP contribution >= 0.6 is 0 Å². The van der Waals surface area contributed by atoms with Crippen LogP contribution in [0.3, 0.4) is 0 Å². The SMILES string of the molecule is Cc1cc2ccccc2nc1-c1ccc([N+](=O)[O-])cc1. The van der Waals surface area contributed by atoms with Crippen molar-refractivity contribution in [1.29, 1.82) is 0 Å². The van der Waals surface area contributed by atoms with E-state index in [1.54, 1.807) is 12.1 Å². The maximum Gasteiger partial charge on any atom is 0.269 e. The smallest absolute Gasteiger partial charge is 0.258 e. The molecular formula is C16H12N2O2. The maximum atomic E-state index is 10.7. The molecule has 1 heterocycles. The molecule has 0 amide bonds. The van der Waals surface area contributed by atoms with Crippen molar-refractivity contribution in [2.24, 2.45) is 0 Å². The Hall–Kier alpha value is -2.75. The third-order valence-corrected chi connectivity index (χ3v) is 3.27. The summed E-state index contributed by atoms with van der Waals surface area (Å²) < 4.78 is 0. The van der Waals surface area contributed by atoms with Gasteiger partial charge in [0.1, 0.15) is 0 Å². The van der Waals surface area contributed by atoms with Crippen LogP contribution in [-0.2, 0) is 0 Å². The summed E-state index contributed by atoms with van der Waals surface area (Å²) in [5.41, 5.74) is 3.81. The van der Waals surface area contributed by atoms with E-state index >= 15 is 0 Å². The molecule has 2 aromatic carbocycles. The van der Waals surface area contributed by atoms with Crippen molar-refractivity contribution in [3.8, 4) is 11.3 Å². The van der Waals surface area contributed by atoms with Crippen molar-refractivity contribution in [2.45, 2.75) is 6.92 Å². The number of aromatic nitrogens is 1. The van der Waals surface area contributed by atoms with Crippen molar-refractivity contribution < 1.29 is 4.92 Å². The summed E-state index contributed by atoms with van der Waals surface area (Å²) in [5, 5.41) is 11.8. The van der Waals surface area contributed by atoms with E-state index in [2.05, 4.69) is 11.1 Å². The van der Waals surface area contributed by atoms with Gasteiger partial charge in [0.15, 0.2) is 0 Å². The number of pyridine rings is 1. The van der Waals surface area contributed by atoms with E-state index in [1.807, 2.05) is 31.2 Å². The van der Waals surface area contributed by atoms with E-state index in [-0.39, 0.29) is 5.69 Å². The lowest BCUT2D eigenvalue weighted by molar-refractivity contribution is -0.384. The first-order valence-corrected chi connectivity index (χ1v) is 6.26. The van der Waals surface area contributed by atoms with Gasteiger partial charge in [-0.1, -0.05) is 18.2 Å². The molecule has 98 valence electrons. The predicted octanol–water partition coefficient (Wildman–Crippen LogP) is 4.12. The number of non-ortho nitro benzene ring substituents is 1. The Morgan fingerprint density at radius 1 is 1.05 bits per heavy atom. The van der Waals surface area contributed by atoms with Gasteiger partial charge in [-0.15, -0.1) is 0 Å². The average molecular weight is 264 g/mol. The molecule has 0 atom stereocenters. The number of nitrogens with zero attached hydrogens (tertiary/aromatic N) is 2. The van der Waals surface area contributed by atoms with E-state index in [0.717, 1.165) is 27.7 Å². The van der Waals surface area contributed by atoms with Gasteiger partial charge >= 0.3 is 0 Å². The zero-order valence-corrected chi connectivity index (χ0v) is 10.9. The molecule has 4 heteroatoms. The number of hydrogen-bond donors (Lipinski definition) is 0. The molecule has 4 nitrogen and oxygen atoms in total. The molecule has 0 bridgehead atoms. The molecule has 3 rings (SSSR count). The van der Waals surface area contributed by atoms with Crippen molar-refractivity contribution in [3.05, 3.63) is 70.3 Å². The van der Waals surface area contributed by atoms with Crippen LogP contribution in [0, 0.1) is 17.0 Å². The van der Waals surface area contributed by atoms with E-state index in [9.17, 15) is 10.1 Å². The van der Waals surface area contributed by atoms with Crippen molar-refractivity contribution >= 4 is 16.6 Å². The van der Waals surface area contributed by atoms with Crippen LogP contribution in [0.2, 0.25) is 0 Å². The second kappa shape index (κ2) is 4.74. The van der Waals surface area contributed by atoms with Crippen molar-refractivity contribution in [2.75, 3.05) is 0 Å². The summed E-state index contributed by atoms with van der Waals surface area (Å²) in [4.78, 5) is 14.9. The number of rotatable bonds is 2. The fraction of sp³-hybridized carbons (Fsp3) is 0.0625. The Morgan fingerprint density at radius 2 is 1.75 bits per heavy atom. The van der Waals surface area contributed by atoms with E-state index in [1.165, 1.54) is 12.1 Å². The lowest BCUT2D eigenvalue weighted by atomic mass is 10.0. The lowest BCUT2D eigenvalue weighted by Gasteiger charge is -2.07. The Balaban J connectivity index is 2.13. The molecule has 0 saturated carbocycles. The number of para-hydroxylation sites is 1. The van der Waals surface area contributed by atoms with Gasteiger partial charge in [-0.05, 0) is 36.8 Å². The standard InChI is InChI=1S/C16H12N2O2/c1-11-10-13-4-2-3-5-15(13)17-16(11)12-6-8-14(9-7-12)18(19)20/h2-10H,1H3. The minimum Gasteiger partial charge on any atom is -0.258 e. The molecule has 0 unspecified atom stereocenters. The topological polar surface area (TPSA) is 56.0 Å². The summed E-state index contributed by atoms with van der Waals surface area (Å²) in [5.74, 6) is 0. The fourth-order valence-electron chi connectivity index (χ4n) is 2.25. The number of fused-ring (bicyclic) bond motifs is 1. The van der Waals surface area contributed by atoms with Gasteiger partial charge < -0.3 is 0 Å². The van der Waals surface area contributed by atoms with Crippen LogP contribution in [0.4, 0.5) is 5.69 Å². The highest BCUT2D eigenvalue weighted by atomic mass is 16.6. The molecule has 0 aliphatic rings. The lowest BCUT2D eigenvalue weighted by Crippen LogP contribution is -1.91. The Bertz CT molecular complexity index is 795. The average Bonchev–Trinajstić information content (AvgIpc) is 2.46. The van der Waals surface area contributed by atoms with Crippen LogP contribution < -0.4 is 0 Å². The van der Waals surface area contributed by atoms with E-state index < -0.39 is 4.92 Å². The molecule has 1 aromatic heterocycles. The molecule has 0 aliphatic carbocycles. The highest BCUT2D eigenvalue weighted by molar-refractivity contribution is 5.83.